The van der Waals surface area contributed by atoms with E-state index in [0.717, 1.165) is 17.3 Å². The third-order valence-corrected chi connectivity index (χ3v) is 5.03. The monoisotopic (exact) mass is 366 g/mol. The van der Waals surface area contributed by atoms with Gasteiger partial charge in [0.2, 0.25) is 11.2 Å². The summed E-state index contributed by atoms with van der Waals surface area (Å²) in [6.45, 7) is 4.66. The maximum Gasteiger partial charge on any atom is 0.253 e. The van der Waals surface area contributed by atoms with Crippen molar-refractivity contribution in [3.8, 4) is 16.9 Å². The van der Waals surface area contributed by atoms with Crippen molar-refractivity contribution < 1.29 is 18.5 Å². The molecule has 2 N–H and O–H groups in total. The molecule has 1 amide bonds. The first-order valence-electron chi connectivity index (χ1n) is 7.90. The first-order valence-corrected chi connectivity index (χ1v) is 9.00. The Hall–Kier alpha value is -2.42. The van der Waals surface area contributed by atoms with E-state index in [1.165, 1.54) is 12.1 Å². The predicted octanol–water partition coefficient (Wildman–Crippen LogP) is 1.96. The van der Waals surface area contributed by atoms with E-state index in [9.17, 15) is 18.5 Å². The molecule has 1 aliphatic heterocycles. The highest BCUT2D eigenvalue weighted by molar-refractivity contribution is 7.85. The van der Waals surface area contributed by atoms with Crippen molar-refractivity contribution in [1.82, 2.24) is 14.5 Å². The second-order valence-corrected chi connectivity index (χ2v) is 7.42. The molecule has 2 heterocycles. The first kappa shape index (κ1) is 17.4. The third-order valence-electron chi connectivity index (χ3n) is 3.91. The van der Waals surface area contributed by atoms with Gasteiger partial charge in [-0.25, -0.2) is 8.60 Å². The van der Waals surface area contributed by atoms with Crippen molar-refractivity contribution in [2.75, 3.05) is 10.8 Å². The molecule has 1 aliphatic rings. The lowest BCUT2D eigenvalue weighted by Gasteiger charge is -2.17. The summed E-state index contributed by atoms with van der Waals surface area (Å²) >= 11 is -1.92. The van der Waals surface area contributed by atoms with Gasteiger partial charge in [-0.05, 0) is 24.5 Å². The SMILES string of the molecule is CC(C)CCn1cc(-c2ccc(O)c(N3CC(=O)NS3=O)c2F)cn1. The topological polar surface area (TPSA) is 87.5 Å². The standard InChI is InChI=1S/C16H19FN4O3S/c1-10(2)5-6-20-8-11(7-18-20)12-3-4-13(22)16(15(12)17)21-9-14(23)19-25(21)24/h3-4,7-8,10,22H,5-6,9H2,1-2H3,(H,19,23). The fourth-order valence-electron chi connectivity index (χ4n) is 2.57. The van der Waals surface area contributed by atoms with E-state index in [1.54, 1.807) is 17.1 Å². The summed E-state index contributed by atoms with van der Waals surface area (Å²) in [5, 5.41) is 14.2. The molecule has 9 heteroatoms. The number of rotatable bonds is 5. The van der Waals surface area contributed by atoms with Gasteiger partial charge < -0.3 is 5.11 Å². The Balaban J connectivity index is 1.95. The van der Waals surface area contributed by atoms with Crippen LogP contribution in [0.25, 0.3) is 11.1 Å². The number of halogens is 1. The van der Waals surface area contributed by atoms with Gasteiger partial charge in [0.1, 0.15) is 18.0 Å². The molecule has 1 saturated heterocycles. The summed E-state index contributed by atoms with van der Waals surface area (Å²) in [4.78, 5) is 11.4. The minimum absolute atomic E-state index is 0.222. The molecule has 1 atom stereocenters. The molecule has 7 nitrogen and oxygen atoms in total. The van der Waals surface area contributed by atoms with Crippen LogP contribution in [-0.2, 0) is 22.5 Å². The van der Waals surface area contributed by atoms with E-state index >= 15 is 0 Å². The van der Waals surface area contributed by atoms with Gasteiger partial charge in [-0.15, -0.1) is 0 Å². The first-order chi connectivity index (χ1) is 11.9. The van der Waals surface area contributed by atoms with E-state index in [2.05, 4.69) is 23.7 Å². The molecule has 2 aromatic rings. The Morgan fingerprint density at radius 1 is 1.44 bits per heavy atom. The van der Waals surface area contributed by atoms with Crippen molar-refractivity contribution in [3.05, 3.63) is 30.3 Å². The lowest BCUT2D eigenvalue weighted by Crippen LogP contribution is -2.23. The number of carbonyl (C=O) groups is 1. The summed E-state index contributed by atoms with van der Waals surface area (Å²) in [6.07, 6.45) is 4.22. The smallest absolute Gasteiger partial charge is 0.253 e. The molecular weight excluding hydrogens is 347 g/mol. The van der Waals surface area contributed by atoms with Crippen LogP contribution in [0.1, 0.15) is 20.3 Å². The van der Waals surface area contributed by atoms with Gasteiger partial charge >= 0.3 is 0 Å². The van der Waals surface area contributed by atoms with Crippen LogP contribution in [0.4, 0.5) is 10.1 Å². The Labute approximate surface area is 147 Å². The number of carbonyl (C=O) groups excluding carboxylic acids is 1. The zero-order valence-corrected chi connectivity index (χ0v) is 14.7. The molecular formula is C16H19FN4O3S. The van der Waals surface area contributed by atoms with Gasteiger partial charge in [-0.3, -0.25) is 18.5 Å². The van der Waals surface area contributed by atoms with E-state index in [4.69, 9.17) is 0 Å². The molecule has 134 valence electrons. The molecule has 3 rings (SSSR count). The number of nitrogens with zero attached hydrogens (tertiary/aromatic N) is 3. The molecule has 1 aromatic heterocycles. The van der Waals surface area contributed by atoms with Gasteiger partial charge in [0, 0.05) is 23.9 Å². The molecule has 0 spiro atoms. The van der Waals surface area contributed by atoms with E-state index in [-0.39, 0.29) is 23.5 Å². The van der Waals surface area contributed by atoms with Crippen LogP contribution in [0.2, 0.25) is 0 Å². The molecule has 0 saturated carbocycles. The number of benzene rings is 1. The van der Waals surface area contributed by atoms with Crippen molar-refractivity contribution >= 4 is 22.8 Å². The minimum atomic E-state index is -1.92. The number of aromatic hydroxyl groups is 1. The van der Waals surface area contributed by atoms with Gasteiger partial charge in [0.25, 0.3) is 5.91 Å². The maximum absolute atomic E-state index is 15.0. The molecule has 1 unspecified atom stereocenters. The highest BCUT2D eigenvalue weighted by Gasteiger charge is 2.32. The zero-order valence-electron chi connectivity index (χ0n) is 13.9. The molecule has 1 fully saturated rings. The van der Waals surface area contributed by atoms with E-state index in [1.807, 2.05) is 0 Å². The Morgan fingerprint density at radius 2 is 2.20 bits per heavy atom. The normalized spacial score (nSPS) is 17.4. The molecule has 0 aliphatic carbocycles. The Bertz CT molecular complexity index is 837. The summed E-state index contributed by atoms with van der Waals surface area (Å²) in [5.74, 6) is -1.09. The number of hydrogen-bond acceptors (Lipinski definition) is 4. The number of aromatic nitrogens is 2. The number of aryl methyl sites for hydroxylation is 1. The predicted molar refractivity (Wildman–Crippen MR) is 92.4 cm³/mol. The quantitative estimate of drug-likeness (QED) is 0.847. The number of nitrogens with one attached hydrogen (secondary N) is 1. The maximum atomic E-state index is 15.0. The summed E-state index contributed by atoms with van der Waals surface area (Å²) in [7, 11) is 0. The van der Waals surface area contributed by atoms with Crippen LogP contribution >= 0.6 is 0 Å². The lowest BCUT2D eigenvalue weighted by molar-refractivity contribution is -0.117. The van der Waals surface area contributed by atoms with E-state index < -0.39 is 22.9 Å². The molecule has 0 bridgehead atoms. The second kappa shape index (κ2) is 6.83. The zero-order chi connectivity index (χ0) is 18.1. The summed E-state index contributed by atoms with van der Waals surface area (Å²) in [5.41, 5.74) is 0.510. The van der Waals surface area contributed by atoms with Gasteiger partial charge in [0.05, 0.1) is 6.20 Å². The van der Waals surface area contributed by atoms with Crippen molar-refractivity contribution in [1.29, 1.82) is 0 Å². The highest BCUT2D eigenvalue weighted by atomic mass is 32.2. The van der Waals surface area contributed by atoms with Gasteiger partial charge in [0.15, 0.2) is 5.82 Å². The number of phenolic OH excluding ortho intramolecular Hbond substituents is 1. The molecule has 0 radical (unpaired) electrons. The van der Waals surface area contributed by atoms with Crippen LogP contribution in [-0.4, -0.2) is 31.5 Å². The number of amides is 1. The minimum Gasteiger partial charge on any atom is -0.506 e. The average Bonchev–Trinajstić information content (AvgIpc) is 3.12. The van der Waals surface area contributed by atoms with Crippen LogP contribution in [0.3, 0.4) is 0 Å². The number of hydrogen-bond donors (Lipinski definition) is 2. The third kappa shape index (κ3) is 3.51. The summed E-state index contributed by atoms with van der Waals surface area (Å²) < 4.78 is 31.8. The molecule has 1 aromatic carbocycles. The Morgan fingerprint density at radius 3 is 2.84 bits per heavy atom. The van der Waals surface area contributed by atoms with Crippen LogP contribution in [0, 0.1) is 11.7 Å². The largest absolute Gasteiger partial charge is 0.506 e. The van der Waals surface area contributed by atoms with Crippen molar-refractivity contribution in [3.63, 3.8) is 0 Å². The number of anilines is 1. The fourth-order valence-corrected chi connectivity index (χ4v) is 3.51. The van der Waals surface area contributed by atoms with Gasteiger partial charge in [-0.2, -0.15) is 5.10 Å². The Kier molecular flexibility index (Phi) is 4.76. The van der Waals surface area contributed by atoms with Crippen molar-refractivity contribution in [2.45, 2.75) is 26.8 Å². The van der Waals surface area contributed by atoms with Crippen LogP contribution in [0.15, 0.2) is 24.5 Å². The highest BCUT2D eigenvalue weighted by Crippen LogP contribution is 2.37. The van der Waals surface area contributed by atoms with Crippen LogP contribution in [0.5, 0.6) is 5.75 Å². The van der Waals surface area contributed by atoms with Crippen LogP contribution < -0.4 is 9.03 Å². The lowest BCUT2D eigenvalue weighted by atomic mass is 10.1. The van der Waals surface area contributed by atoms with Crippen molar-refractivity contribution in [2.24, 2.45) is 5.92 Å². The second-order valence-electron chi connectivity index (χ2n) is 6.28. The average molecular weight is 366 g/mol. The molecule has 25 heavy (non-hydrogen) atoms. The van der Waals surface area contributed by atoms with E-state index in [0.29, 0.717) is 11.5 Å². The van der Waals surface area contributed by atoms with Gasteiger partial charge in [-0.1, -0.05) is 13.8 Å². The number of phenols is 1. The summed E-state index contributed by atoms with van der Waals surface area (Å²) in [6, 6.07) is 2.76. The fraction of sp³-hybridized carbons (Fsp3) is 0.375.